The number of likely N-dealkylation sites (tertiary alicyclic amines) is 1. The second-order valence-corrected chi connectivity index (χ2v) is 6.11. The second-order valence-electron chi connectivity index (χ2n) is 6.11. The number of ether oxygens (including phenoxy) is 2. The Morgan fingerprint density at radius 2 is 2.00 bits per heavy atom. The van der Waals surface area contributed by atoms with Crippen LogP contribution >= 0.6 is 0 Å². The van der Waals surface area contributed by atoms with Crippen LogP contribution in [0.15, 0.2) is 12.4 Å². The van der Waals surface area contributed by atoms with Crippen LogP contribution in [0.25, 0.3) is 0 Å². The lowest BCUT2D eigenvalue weighted by Crippen LogP contribution is -2.40. The van der Waals surface area contributed by atoms with Gasteiger partial charge in [-0.15, -0.1) is 0 Å². The first-order valence-corrected chi connectivity index (χ1v) is 8.48. The summed E-state index contributed by atoms with van der Waals surface area (Å²) >= 11 is 0. The van der Waals surface area contributed by atoms with Crippen LogP contribution in [0.1, 0.15) is 12.8 Å². The van der Waals surface area contributed by atoms with E-state index < -0.39 is 0 Å². The van der Waals surface area contributed by atoms with Gasteiger partial charge in [0.1, 0.15) is 18.0 Å². The van der Waals surface area contributed by atoms with E-state index in [2.05, 4.69) is 31.2 Å². The van der Waals surface area contributed by atoms with E-state index in [0.717, 1.165) is 77.0 Å². The Labute approximate surface area is 138 Å². The van der Waals surface area contributed by atoms with E-state index in [4.69, 9.17) is 9.47 Å². The van der Waals surface area contributed by atoms with Gasteiger partial charge in [-0.25, -0.2) is 9.97 Å². The zero-order valence-electron chi connectivity index (χ0n) is 13.9. The molecular formula is C16H27N5O2. The van der Waals surface area contributed by atoms with Crippen LogP contribution in [-0.2, 0) is 9.47 Å². The third-order valence-electron chi connectivity index (χ3n) is 4.54. The summed E-state index contributed by atoms with van der Waals surface area (Å²) in [5.41, 5.74) is 0. The van der Waals surface area contributed by atoms with Crippen molar-refractivity contribution in [1.82, 2.24) is 14.9 Å². The minimum atomic E-state index is 0.487. The Kier molecular flexibility index (Phi) is 6.01. The number of hydrogen-bond acceptors (Lipinski definition) is 7. The molecule has 23 heavy (non-hydrogen) atoms. The number of anilines is 2. The summed E-state index contributed by atoms with van der Waals surface area (Å²) in [5.74, 6) is 1.92. The predicted octanol–water partition coefficient (Wildman–Crippen LogP) is 0.836. The monoisotopic (exact) mass is 321 g/mol. The molecule has 2 aliphatic rings. The number of methoxy groups -OCH3 is 1. The van der Waals surface area contributed by atoms with Gasteiger partial charge in [0.2, 0.25) is 0 Å². The zero-order valence-corrected chi connectivity index (χ0v) is 13.9. The largest absolute Gasteiger partial charge is 0.383 e. The lowest BCUT2D eigenvalue weighted by molar-refractivity contribution is 0.122. The summed E-state index contributed by atoms with van der Waals surface area (Å²) in [4.78, 5) is 13.5. The van der Waals surface area contributed by atoms with Crippen molar-refractivity contribution < 1.29 is 9.47 Å². The Morgan fingerprint density at radius 3 is 2.74 bits per heavy atom. The van der Waals surface area contributed by atoms with Crippen molar-refractivity contribution >= 4 is 11.6 Å². The average molecular weight is 321 g/mol. The van der Waals surface area contributed by atoms with E-state index in [1.165, 1.54) is 0 Å². The normalized spacial score (nSPS) is 20.7. The van der Waals surface area contributed by atoms with E-state index in [0.29, 0.717) is 6.04 Å². The predicted molar refractivity (Wildman–Crippen MR) is 90.0 cm³/mol. The molecule has 0 amide bonds. The topological polar surface area (TPSA) is 62.8 Å². The summed E-state index contributed by atoms with van der Waals surface area (Å²) < 4.78 is 10.5. The number of nitrogens with one attached hydrogen (secondary N) is 1. The van der Waals surface area contributed by atoms with Crippen LogP contribution in [0.3, 0.4) is 0 Å². The number of aromatic nitrogens is 2. The highest BCUT2D eigenvalue weighted by Gasteiger charge is 2.19. The second kappa shape index (κ2) is 8.42. The molecule has 2 fully saturated rings. The molecular weight excluding hydrogens is 294 g/mol. The van der Waals surface area contributed by atoms with Crippen molar-refractivity contribution in [3.8, 4) is 0 Å². The van der Waals surface area contributed by atoms with Gasteiger partial charge in [0.05, 0.1) is 19.8 Å². The van der Waals surface area contributed by atoms with Gasteiger partial charge < -0.3 is 24.6 Å². The van der Waals surface area contributed by atoms with Gasteiger partial charge in [-0.3, -0.25) is 0 Å². The average Bonchev–Trinajstić information content (AvgIpc) is 2.62. The first-order chi connectivity index (χ1) is 11.3. The lowest BCUT2D eigenvalue weighted by atomic mass is 10.1. The van der Waals surface area contributed by atoms with Crippen LogP contribution in [0.4, 0.5) is 11.6 Å². The smallest absolute Gasteiger partial charge is 0.134 e. The quantitative estimate of drug-likeness (QED) is 0.833. The van der Waals surface area contributed by atoms with E-state index in [9.17, 15) is 0 Å². The molecule has 0 radical (unpaired) electrons. The summed E-state index contributed by atoms with van der Waals surface area (Å²) in [6.07, 6.45) is 3.93. The minimum Gasteiger partial charge on any atom is -0.383 e. The number of rotatable bonds is 6. The highest BCUT2D eigenvalue weighted by Crippen LogP contribution is 2.19. The lowest BCUT2D eigenvalue weighted by Gasteiger charge is -2.32. The minimum absolute atomic E-state index is 0.487. The maximum atomic E-state index is 5.40. The number of morpholine rings is 1. The maximum Gasteiger partial charge on any atom is 0.134 e. The van der Waals surface area contributed by atoms with Gasteiger partial charge in [0.15, 0.2) is 0 Å². The third-order valence-corrected chi connectivity index (χ3v) is 4.54. The van der Waals surface area contributed by atoms with Gasteiger partial charge in [-0.05, 0) is 12.8 Å². The first kappa shape index (κ1) is 16.4. The fourth-order valence-electron chi connectivity index (χ4n) is 3.12. The van der Waals surface area contributed by atoms with Crippen LogP contribution in [0, 0.1) is 0 Å². The molecule has 7 heteroatoms. The number of hydrogen-bond donors (Lipinski definition) is 1. The summed E-state index contributed by atoms with van der Waals surface area (Å²) in [5, 5.41) is 3.57. The van der Waals surface area contributed by atoms with Crippen LogP contribution in [0.2, 0.25) is 0 Å². The Bertz CT molecular complexity index is 473. The molecule has 3 rings (SSSR count). The molecule has 1 aromatic heterocycles. The van der Waals surface area contributed by atoms with Crippen molar-refractivity contribution in [1.29, 1.82) is 0 Å². The molecule has 2 saturated heterocycles. The van der Waals surface area contributed by atoms with Gasteiger partial charge in [-0.1, -0.05) is 0 Å². The van der Waals surface area contributed by atoms with Gasteiger partial charge in [0, 0.05) is 51.9 Å². The molecule has 0 unspecified atom stereocenters. The molecule has 1 aromatic rings. The molecule has 0 atom stereocenters. The molecule has 7 nitrogen and oxygen atoms in total. The molecule has 2 aliphatic heterocycles. The molecule has 0 saturated carbocycles. The fourth-order valence-corrected chi connectivity index (χ4v) is 3.12. The van der Waals surface area contributed by atoms with Crippen molar-refractivity contribution in [2.75, 3.05) is 69.9 Å². The molecule has 0 spiro atoms. The van der Waals surface area contributed by atoms with E-state index >= 15 is 0 Å². The van der Waals surface area contributed by atoms with Gasteiger partial charge in [0.25, 0.3) is 0 Å². The van der Waals surface area contributed by atoms with Crippen molar-refractivity contribution in [3.63, 3.8) is 0 Å². The van der Waals surface area contributed by atoms with E-state index in [-0.39, 0.29) is 0 Å². The molecule has 1 N–H and O–H groups in total. The zero-order chi connectivity index (χ0) is 15.9. The summed E-state index contributed by atoms with van der Waals surface area (Å²) in [6.45, 7) is 7.40. The number of nitrogens with zero attached hydrogens (tertiary/aromatic N) is 4. The fraction of sp³-hybridized carbons (Fsp3) is 0.750. The molecule has 128 valence electrons. The standard InChI is InChI=1S/C16H27N5O2/c1-22-9-6-20-4-2-14(3-5-20)19-15-12-16(18-13-17-15)21-7-10-23-11-8-21/h12-14H,2-11H2,1H3,(H,17,18,19). The molecule has 0 aliphatic carbocycles. The highest BCUT2D eigenvalue weighted by atomic mass is 16.5. The van der Waals surface area contributed by atoms with Crippen molar-refractivity contribution in [2.24, 2.45) is 0 Å². The Hall–Kier alpha value is -1.44. The van der Waals surface area contributed by atoms with Gasteiger partial charge in [-0.2, -0.15) is 0 Å². The van der Waals surface area contributed by atoms with Gasteiger partial charge >= 0.3 is 0 Å². The summed E-state index contributed by atoms with van der Waals surface area (Å²) in [6, 6.07) is 2.55. The molecule has 0 bridgehead atoms. The maximum absolute atomic E-state index is 5.40. The Morgan fingerprint density at radius 1 is 1.22 bits per heavy atom. The van der Waals surface area contributed by atoms with Crippen LogP contribution < -0.4 is 10.2 Å². The first-order valence-electron chi connectivity index (χ1n) is 8.48. The van der Waals surface area contributed by atoms with E-state index in [1.54, 1.807) is 13.4 Å². The summed E-state index contributed by atoms with van der Waals surface area (Å²) in [7, 11) is 1.76. The third kappa shape index (κ3) is 4.76. The molecule has 0 aromatic carbocycles. The van der Waals surface area contributed by atoms with E-state index in [1.807, 2.05) is 0 Å². The highest BCUT2D eigenvalue weighted by molar-refractivity contribution is 5.49. The van der Waals surface area contributed by atoms with Crippen LogP contribution in [-0.4, -0.2) is 80.6 Å². The SMILES string of the molecule is COCCN1CCC(Nc2cc(N3CCOCC3)ncn2)CC1. The molecule has 3 heterocycles. The van der Waals surface area contributed by atoms with Crippen molar-refractivity contribution in [2.45, 2.75) is 18.9 Å². The van der Waals surface area contributed by atoms with Crippen LogP contribution in [0.5, 0.6) is 0 Å². The van der Waals surface area contributed by atoms with Crippen molar-refractivity contribution in [3.05, 3.63) is 12.4 Å². The Balaban J connectivity index is 1.50. The number of piperidine rings is 1.